The highest BCUT2D eigenvalue weighted by molar-refractivity contribution is 6.29. The van der Waals surface area contributed by atoms with Crippen LogP contribution in [0.25, 0.3) is 0 Å². The van der Waals surface area contributed by atoms with Crippen molar-refractivity contribution in [2.75, 3.05) is 6.54 Å². The minimum atomic E-state index is -0.505. The predicted octanol–water partition coefficient (Wildman–Crippen LogP) is 1.24. The molecule has 1 aromatic heterocycles. The van der Waals surface area contributed by atoms with Gasteiger partial charge in [0.2, 0.25) is 0 Å². The zero-order valence-corrected chi connectivity index (χ0v) is 9.16. The molecule has 0 radical (unpaired) electrons. The SMILES string of the molecule is CCC(O)CNC(=O)c1ccc(Cl)nc1. The van der Waals surface area contributed by atoms with Crippen LogP contribution in [0.2, 0.25) is 5.15 Å². The van der Waals surface area contributed by atoms with Gasteiger partial charge in [0.15, 0.2) is 0 Å². The van der Waals surface area contributed by atoms with E-state index in [0.29, 0.717) is 17.1 Å². The maximum atomic E-state index is 11.5. The first-order chi connectivity index (χ1) is 7.13. The molecule has 0 aromatic carbocycles. The van der Waals surface area contributed by atoms with Gasteiger partial charge in [-0.25, -0.2) is 4.98 Å². The molecule has 5 heteroatoms. The molecule has 82 valence electrons. The lowest BCUT2D eigenvalue weighted by molar-refractivity contribution is 0.0913. The van der Waals surface area contributed by atoms with E-state index >= 15 is 0 Å². The van der Waals surface area contributed by atoms with Crippen molar-refractivity contribution in [1.82, 2.24) is 10.3 Å². The zero-order valence-electron chi connectivity index (χ0n) is 8.40. The second-order valence-corrected chi connectivity index (χ2v) is 3.53. The summed E-state index contributed by atoms with van der Waals surface area (Å²) in [5.74, 6) is -0.258. The molecule has 4 nitrogen and oxygen atoms in total. The summed E-state index contributed by atoms with van der Waals surface area (Å²) in [6.07, 6.45) is 1.50. The largest absolute Gasteiger partial charge is 0.391 e. The highest BCUT2D eigenvalue weighted by Gasteiger charge is 2.07. The van der Waals surface area contributed by atoms with Crippen LogP contribution in [0, 0.1) is 0 Å². The number of pyridine rings is 1. The third-order valence-corrected chi connectivity index (χ3v) is 2.18. The van der Waals surface area contributed by atoms with Crippen LogP contribution in [0.4, 0.5) is 0 Å². The molecule has 0 aliphatic rings. The zero-order chi connectivity index (χ0) is 11.3. The number of nitrogens with zero attached hydrogens (tertiary/aromatic N) is 1. The molecule has 2 N–H and O–H groups in total. The predicted molar refractivity (Wildman–Crippen MR) is 57.9 cm³/mol. The monoisotopic (exact) mass is 228 g/mol. The number of carbonyl (C=O) groups is 1. The normalized spacial score (nSPS) is 12.2. The lowest BCUT2D eigenvalue weighted by Gasteiger charge is -2.09. The molecule has 0 spiro atoms. The maximum absolute atomic E-state index is 11.5. The summed E-state index contributed by atoms with van der Waals surface area (Å²) in [5, 5.41) is 12.2. The Labute approximate surface area is 93.3 Å². The number of aliphatic hydroxyl groups is 1. The smallest absolute Gasteiger partial charge is 0.252 e. The number of aromatic nitrogens is 1. The van der Waals surface area contributed by atoms with E-state index in [4.69, 9.17) is 11.6 Å². The summed E-state index contributed by atoms with van der Waals surface area (Å²) >= 11 is 5.58. The number of halogens is 1. The molecular weight excluding hydrogens is 216 g/mol. The summed E-state index contributed by atoms with van der Waals surface area (Å²) in [7, 11) is 0. The molecule has 1 heterocycles. The van der Waals surface area contributed by atoms with Gasteiger partial charge in [0.1, 0.15) is 5.15 Å². The third-order valence-electron chi connectivity index (χ3n) is 1.96. The van der Waals surface area contributed by atoms with Crippen molar-refractivity contribution in [1.29, 1.82) is 0 Å². The van der Waals surface area contributed by atoms with Crippen molar-refractivity contribution >= 4 is 17.5 Å². The number of nitrogens with one attached hydrogen (secondary N) is 1. The molecule has 1 amide bonds. The van der Waals surface area contributed by atoms with Gasteiger partial charge in [-0.05, 0) is 18.6 Å². The molecule has 0 bridgehead atoms. The third kappa shape index (κ3) is 3.85. The number of carbonyl (C=O) groups excluding carboxylic acids is 1. The van der Waals surface area contributed by atoms with Crippen LogP contribution >= 0.6 is 11.6 Å². The van der Waals surface area contributed by atoms with Gasteiger partial charge in [-0.1, -0.05) is 18.5 Å². The summed E-state index contributed by atoms with van der Waals surface area (Å²) in [6, 6.07) is 3.13. The molecule has 0 fully saturated rings. The first kappa shape index (κ1) is 11.9. The summed E-state index contributed by atoms with van der Waals surface area (Å²) in [6.45, 7) is 2.10. The van der Waals surface area contributed by atoms with Crippen LogP contribution in [0.3, 0.4) is 0 Å². The van der Waals surface area contributed by atoms with Gasteiger partial charge in [0.05, 0.1) is 11.7 Å². The van der Waals surface area contributed by atoms with E-state index in [-0.39, 0.29) is 12.5 Å². The Hall–Kier alpha value is -1.13. The van der Waals surface area contributed by atoms with Crippen LogP contribution in [-0.2, 0) is 0 Å². The van der Waals surface area contributed by atoms with Crippen LogP contribution in [0.15, 0.2) is 18.3 Å². The van der Waals surface area contributed by atoms with Crippen molar-refractivity contribution < 1.29 is 9.90 Å². The van der Waals surface area contributed by atoms with Gasteiger partial charge >= 0.3 is 0 Å². The van der Waals surface area contributed by atoms with E-state index in [1.54, 1.807) is 12.1 Å². The van der Waals surface area contributed by atoms with E-state index in [9.17, 15) is 9.90 Å². The lowest BCUT2D eigenvalue weighted by atomic mass is 10.2. The van der Waals surface area contributed by atoms with Crippen molar-refractivity contribution in [2.24, 2.45) is 0 Å². The van der Waals surface area contributed by atoms with E-state index < -0.39 is 6.10 Å². The Morgan fingerprint density at radius 1 is 1.67 bits per heavy atom. The minimum Gasteiger partial charge on any atom is -0.391 e. The van der Waals surface area contributed by atoms with E-state index in [0.717, 1.165) is 0 Å². The van der Waals surface area contributed by atoms with Gasteiger partial charge in [0.25, 0.3) is 5.91 Å². The molecule has 1 unspecified atom stereocenters. The van der Waals surface area contributed by atoms with Crippen molar-refractivity contribution in [2.45, 2.75) is 19.4 Å². The van der Waals surface area contributed by atoms with Crippen LogP contribution < -0.4 is 5.32 Å². The number of amides is 1. The van der Waals surface area contributed by atoms with E-state index in [1.807, 2.05) is 6.92 Å². The highest BCUT2D eigenvalue weighted by Crippen LogP contribution is 2.04. The first-order valence-corrected chi connectivity index (χ1v) is 5.09. The van der Waals surface area contributed by atoms with Gasteiger partial charge in [-0.2, -0.15) is 0 Å². The number of aliphatic hydroxyl groups excluding tert-OH is 1. The Morgan fingerprint density at radius 3 is 2.93 bits per heavy atom. The molecule has 1 rings (SSSR count). The standard InChI is InChI=1S/C10H13ClN2O2/c1-2-8(14)6-13-10(15)7-3-4-9(11)12-5-7/h3-5,8,14H,2,6H2,1H3,(H,13,15). The number of rotatable bonds is 4. The Morgan fingerprint density at radius 2 is 2.40 bits per heavy atom. The second kappa shape index (κ2) is 5.68. The van der Waals surface area contributed by atoms with Crippen molar-refractivity contribution in [3.05, 3.63) is 29.0 Å². The quantitative estimate of drug-likeness (QED) is 0.763. The molecule has 0 aliphatic carbocycles. The van der Waals surface area contributed by atoms with Gasteiger partial charge < -0.3 is 10.4 Å². The molecular formula is C10H13ClN2O2. The molecule has 0 saturated heterocycles. The van der Waals surface area contributed by atoms with Crippen molar-refractivity contribution in [3.8, 4) is 0 Å². The van der Waals surface area contributed by atoms with E-state index in [1.165, 1.54) is 6.20 Å². The summed E-state index contributed by atoms with van der Waals surface area (Å²) < 4.78 is 0. The van der Waals surface area contributed by atoms with Gasteiger partial charge in [0, 0.05) is 12.7 Å². The first-order valence-electron chi connectivity index (χ1n) is 4.71. The summed E-state index contributed by atoms with van der Waals surface area (Å²) in [4.78, 5) is 15.3. The average Bonchev–Trinajstić information content (AvgIpc) is 2.26. The molecule has 1 aromatic rings. The minimum absolute atomic E-state index is 0.248. The van der Waals surface area contributed by atoms with Crippen molar-refractivity contribution in [3.63, 3.8) is 0 Å². The van der Waals surface area contributed by atoms with Crippen LogP contribution in [-0.4, -0.2) is 28.6 Å². The molecule has 1 atom stereocenters. The van der Waals surface area contributed by atoms with Gasteiger partial charge in [-0.15, -0.1) is 0 Å². The van der Waals surface area contributed by atoms with Crippen LogP contribution in [0.5, 0.6) is 0 Å². The lowest BCUT2D eigenvalue weighted by Crippen LogP contribution is -2.31. The van der Waals surface area contributed by atoms with Crippen LogP contribution in [0.1, 0.15) is 23.7 Å². The average molecular weight is 229 g/mol. The Kier molecular flexibility index (Phi) is 4.52. The fourth-order valence-corrected chi connectivity index (χ4v) is 1.08. The topological polar surface area (TPSA) is 62.2 Å². The van der Waals surface area contributed by atoms with Gasteiger partial charge in [-0.3, -0.25) is 4.79 Å². The maximum Gasteiger partial charge on any atom is 0.252 e. The highest BCUT2D eigenvalue weighted by atomic mass is 35.5. The number of hydrogen-bond donors (Lipinski definition) is 2. The Bertz CT molecular complexity index is 327. The molecule has 0 saturated carbocycles. The fraction of sp³-hybridized carbons (Fsp3) is 0.400. The molecule has 0 aliphatic heterocycles. The fourth-order valence-electron chi connectivity index (χ4n) is 0.967. The second-order valence-electron chi connectivity index (χ2n) is 3.14. The Balaban J connectivity index is 2.50. The molecule has 15 heavy (non-hydrogen) atoms. The number of hydrogen-bond acceptors (Lipinski definition) is 3. The van der Waals surface area contributed by atoms with E-state index in [2.05, 4.69) is 10.3 Å². The summed E-state index contributed by atoms with van der Waals surface area (Å²) in [5.41, 5.74) is 0.433.